The van der Waals surface area contributed by atoms with E-state index in [1.165, 1.54) is 7.11 Å². The van der Waals surface area contributed by atoms with Gasteiger partial charge in [0.25, 0.3) is 0 Å². The van der Waals surface area contributed by atoms with Crippen molar-refractivity contribution < 1.29 is 28.2 Å². The maximum absolute atomic E-state index is 13.1. The summed E-state index contributed by atoms with van der Waals surface area (Å²) < 4.78 is 36.6. The molecule has 0 bridgehead atoms. The predicted molar refractivity (Wildman–Crippen MR) is 90.0 cm³/mol. The van der Waals surface area contributed by atoms with Crippen LogP contribution >= 0.6 is 22.9 Å². The van der Waals surface area contributed by atoms with Gasteiger partial charge in [0.1, 0.15) is 12.2 Å². The first-order chi connectivity index (χ1) is 11.7. The molecule has 0 unspecified atom stereocenters. The Morgan fingerprint density at radius 1 is 1.44 bits per heavy atom. The normalized spacial score (nSPS) is 12.1. The molecule has 9 heteroatoms. The summed E-state index contributed by atoms with van der Waals surface area (Å²) >= 11 is 5.71. The summed E-state index contributed by atoms with van der Waals surface area (Å²) in [6.45, 7) is 1.53. The van der Waals surface area contributed by atoms with Crippen LogP contribution in [-0.2, 0) is 21.5 Å². The molecule has 0 fully saturated rings. The van der Waals surface area contributed by atoms with Crippen molar-refractivity contribution in [2.45, 2.75) is 18.9 Å². The number of aryl methyl sites for hydroxylation is 1. The van der Waals surface area contributed by atoms with Gasteiger partial charge in [-0.2, -0.15) is 13.8 Å². The van der Waals surface area contributed by atoms with E-state index in [-0.39, 0.29) is 18.1 Å². The first-order valence-electron chi connectivity index (χ1n) is 6.96. The fourth-order valence-corrected chi connectivity index (χ4v) is 2.92. The molecule has 0 saturated carbocycles. The van der Waals surface area contributed by atoms with E-state index >= 15 is 0 Å². The number of benzene rings is 1. The third kappa shape index (κ3) is 4.67. The topological polar surface area (TPSA) is 68.7 Å². The highest BCUT2D eigenvalue weighted by Crippen LogP contribution is 2.38. The molecule has 2 rings (SSSR count). The maximum atomic E-state index is 13.1. The molecule has 1 aromatic heterocycles. The van der Waals surface area contributed by atoms with Gasteiger partial charge in [-0.15, -0.1) is 11.3 Å². The maximum Gasteiger partial charge on any atom is 0.374 e. The van der Waals surface area contributed by atoms with E-state index in [1.54, 1.807) is 31.2 Å². The average Bonchev–Trinajstić information content (AvgIpc) is 2.92. The number of aromatic nitrogens is 1. The number of carboxylic acid groups (broad SMARTS) is 1. The molecule has 0 aliphatic carbocycles. The Morgan fingerprint density at radius 3 is 2.68 bits per heavy atom. The molecule has 134 valence electrons. The smallest absolute Gasteiger partial charge is 0.374 e. The second kappa shape index (κ2) is 7.79. The van der Waals surface area contributed by atoms with Crippen molar-refractivity contribution in [3.63, 3.8) is 0 Å². The fraction of sp³-hybridized carbons (Fsp3) is 0.250. The van der Waals surface area contributed by atoms with Crippen molar-refractivity contribution in [1.82, 2.24) is 4.98 Å². The van der Waals surface area contributed by atoms with Crippen molar-refractivity contribution in [2.75, 3.05) is 7.11 Å². The molecule has 0 saturated heterocycles. The van der Waals surface area contributed by atoms with Crippen LogP contribution < -0.4 is 4.74 Å². The second-order valence-corrected chi connectivity index (χ2v) is 6.57. The van der Waals surface area contributed by atoms with Gasteiger partial charge in [0.15, 0.2) is 5.01 Å². The van der Waals surface area contributed by atoms with Crippen LogP contribution in [0.2, 0.25) is 0 Å². The molecule has 0 radical (unpaired) electrons. The van der Waals surface area contributed by atoms with E-state index in [4.69, 9.17) is 21.1 Å². The summed E-state index contributed by atoms with van der Waals surface area (Å²) in [6, 6.07) is 6.65. The number of rotatable bonds is 7. The summed E-state index contributed by atoms with van der Waals surface area (Å²) in [7, 11) is 1.34. The number of methoxy groups -OCH3 is 1. The monoisotopic (exact) mass is 389 g/mol. The standard InChI is InChI=1S/C16H14ClF2NO4S/c1-9-13(20-15(25-9)16(17,18)19)24-7-10-5-3-4-6-11(10)12(8-23-2)14(21)22/h3-6,8H,7H2,1-2H3,(H,21,22). The molecule has 25 heavy (non-hydrogen) atoms. The van der Waals surface area contributed by atoms with Crippen LogP contribution in [0.25, 0.3) is 5.57 Å². The Labute approximate surface area is 151 Å². The van der Waals surface area contributed by atoms with E-state index in [0.717, 1.165) is 17.6 Å². The van der Waals surface area contributed by atoms with E-state index in [0.29, 0.717) is 16.0 Å². The molecular weight excluding hydrogens is 376 g/mol. The molecular formula is C16H14ClF2NO4S. The molecule has 0 amide bonds. The highest BCUT2D eigenvalue weighted by atomic mass is 35.5. The van der Waals surface area contributed by atoms with Crippen molar-refractivity contribution in [3.8, 4) is 5.88 Å². The Hall–Kier alpha value is -2.19. The summed E-state index contributed by atoms with van der Waals surface area (Å²) in [6.07, 6.45) is 1.11. The first kappa shape index (κ1) is 19.1. The van der Waals surface area contributed by atoms with Crippen molar-refractivity contribution in [3.05, 3.63) is 51.5 Å². The number of alkyl halides is 3. The number of ether oxygens (including phenoxy) is 2. The van der Waals surface area contributed by atoms with E-state index < -0.39 is 16.4 Å². The summed E-state index contributed by atoms with van der Waals surface area (Å²) in [5.74, 6) is -1.13. The largest absolute Gasteiger partial charge is 0.503 e. The number of aliphatic carboxylic acids is 1. The Kier molecular flexibility index (Phi) is 5.97. The van der Waals surface area contributed by atoms with Crippen LogP contribution in [-0.4, -0.2) is 23.2 Å². The molecule has 0 aliphatic rings. The number of nitrogens with zero attached hydrogens (tertiary/aromatic N) is 1. The van der Waals surface area contributed by atoms with Gasteiger partial charge in [-0.05, 0) is 29.7 Å². The second-order valence-electron chi connectivity index (χ2n) is 4.90. The highest BCUT2D eigenvalue weighted by molar-refractivity contribution is 7.12. The van der Waals surface area contributed by atoms with Crippen molar-refractivity contribution >= 4 is 34.5 Å². The van der Waals surface area contributed by atoms with Gasteiger partial charge in [-0.3, -0.25) is 0 Å². The number of hydrogen-bond donors (Lipinski definition) is 1. The molecule has 1 aromatic carbocycles. The molecule has 1 heterocycles. The van der Waals surface area contributed by atoms with Gasteiger partial charge in [0.05, 0.1) is 18.2 Å². The van der Waals surface area contributed by atoms with Crippen molar-refractivity contribution in [2.24, 2.45) is 0 Å². The zero-order valence-electron chi connectivity index (χ0n) is 13.3. The quantitative estimate of drug-likeness (QED) is 0.432. The van der Waals surface area contributed by atoms with Gasteiger partial charge in [-0.1, -0.05) is 24.3 Å². The van der Waals surface area contributed by atoms with Crippen LogP contribution in [0.5, 0.6) is 5.88 Å². The minimum atomic E-state index is -3.56. The summed E-state index contributed by atoms with van der Waals surface area (Å²) in [5, 5.41) is 5.19. The Balaban J connectivity index is 2.27. The van der Waals surface area contributed by atoms with E-state index in [2.05, 4.69) is 4.98 Å². The molecule has 0 aliphatic heterocycles. The Morgan fingerprint density at radius 2 is 2.12 bits per heavy atom. The average molecular weight is 390 g/mol. The third-order valence-corrected chi connectivity index (χ3v) is 4.45. The van der Waals surface area contributed by atoms with Crippen LogP contribution in [0.1, 0.15) is 21.0 Å². The zero-order valence-corrected chi connectivity index (χ0v) is 14.8. The third-order valence-electron chi connectivity index (χ3n) is 3.13. The predicted octanol–water partition coefficient (Wildman–Crippen LogP) is 4.39. The van der Waals surface area contributed by atoms with Gasteiger partial charge >= 0.3 is 11.4 Å². The van der Waals surface area contributed by atoms with Crippen LogP contribution in [0.4, 0.5) is 8.78 Å². The number of carbonyl (C=O) groups is 1. The van der Waals surface area contributed by atoms with Gasteiger partial charge in [0, 0.05) is 0 Å². The van der Waals surface area contributed by atoms with Gasteiger partial charge < -0.3 is 14.6 Å². The lowest BCUT2D eigenvalue weighted by Crippen LogP contribution is -2.07. The van der Waals surface area contributed by atoms with Gasteiger partial charge in [-0.25, -0.2) is 4.79 Å². The van der Waals surface area contributed by atoms with E-state index in [1.807, 2.05) is 0 Å². The molecule has 0 atom stereocenters. The van der Waals surface area contributed by atoms with Crippen LogP contribution in [0.15, 0.2) is 30.5 Å². The SMILES string of the molecule is COC=C(C(=O)O)c1ccccc1COc1nc(C(F)(F)Cl)sc1C. The molecule has 5 nitrogen and oxygen atoms in total. The summed E-state index contributed by atoms with van der Waals surface area (Å²) in [4.78, 5) is 15.5. The zero-order chi connectivity index (χ0) is 18.6. The Bertz CT molecular complexity index is 802. The fourth-order valence-electron chi connectivity index (χ4n) is 2.04. The number of halogens is 3. The minimum absolute atomic E-state index is 0.0303. The number of thiazole rings is 1. The van der Waals surface area contributed by atoms with Crippen molar-refractivity contribution in [1.29, 1.82) is 0 Å². The lowest BCUT2D eigenvalue weighted by molar-refractivity contribution is -0.130. The number of carboxylic acids is 1. The van der Waals surface area contributed by atoms with E-state index in [9.17, 15) is 18.7 Å². The summed E-state index contributed by atoms with van der Waals surface area (Å²) in [5.41, 5.74) is 0.886. The molecule has 1 N–H and O–H groups in total. The lowest BCUT2D eigenvalue weighted by atomic mass is 10.0. The van der Waals surface area contributed by atoms with Crippen LogP contribution in [0, 0.1) is 6.92 Å². The first-order valence-corrected chi connectivity index (χ1v) is 8.15. The molecule has 2 aromatic rings. The van der Waals surface area contributed by atoms with Crippen LogP contribution in [0.3, 0.4) is 0 Å². The highest BCUT2D eigenvalue weighted by Gasteiger charge is 2.33. The lowest BCUT2D eigenvalue weighted by Gasteiger charge is -2.11. The minimum Gasteiger partial charge on any atom is -0.503 e. The van der Waals surface area contributed by atoms with Gasteiger partial charge in [0.2, 0.25) is 5.88 Å². The number of hydrogen-bond acceptors (Lipinski definition) is 5. The molecule has 0 spiro atoms.